The van der Waals surface area contributed by atoms with Crippen molar-refractivity contribution in [1.29, 1.82) is 0 Å². The van der Waals surface area contributed by atoms with Crippen molar-refractivity contribution in [3.8, 4) is 5.75 Å². The van der Waals surface area contributed by atoms with Crippen LogP contribution in [0.3, 0.4) is 0 Å². The molecule has 4 atom stereocenters. The Balaban J connectivity index is 1.48. The number of carbonyl (C=O) groups is 1. The van der Waals surface area contributed by atoms with Gasteiger partial charge >= 0.3 is 6.09 Å². The summed E-state index contributed by atoms with van der Waals surface area (Å²) in [5, 5.41) is 13.8. The average Bonchev–Trinajstić information content (AvgIpc) is 2.35. The van der Waals surface area contributed by atoms with Crippen LogP contribution in [0.4, 0.5) is 4.79 Å². The van der Waals surface area contributed by atoms with Gasteiger partial charge < -0.3 is 15.2 Å². The quantitative estimate of drug-likeness (QED) is 0.879. The number of aliphatic hydroxyl groups is 1. The van der Waals surface area contributed by atoms with Crippen molar-refractivity contribution in [1.82, 2.24) is 5.32 Å². The lowest BCUT2D eigenvalue weighted by Gasteiger charge is -2.60. The van der Waals surface area contributed by atoms with Crippen molar-refractivity contribution in [3.05, 3.63) is 30.3 Å². The molecule has 1 amide bonds. The minimum Gasteiger partial charge on any atom is -0.410 e. The predicted molar refractivity (Wildman–Crippen MR) is 78.0 cm³/mol. The maximum Gasteiger partial charge on any atom is 0.413 e. The molecule has 2 N–H and O–H groups in total. The van der Waals surface area contributed by atoms with Crippen LogP contribution >= 0.6 is 0 Å². The fourth-order valence-electron chi connectivity index (χ4n) is 5.20. The Morgan fingerprint density at radius 1 is 1.14 bits per heavy atom. The Labute approximate surface area is 124 Å². The van der Waals surface area contributed by atoms with Crippen molar-refractivity contribution in [2.45, 2.75) is 49.7 Å². The van der Waals surface area contributed by atoms with Gasteiger partial charge in [0.25, 0.3) is 0 Å². The third-order valence-corrected chi connectivity index (χ3v) is 5.35. The van der Waals surface area contributed by atoms with Gasteiger partial charge in [-0.25, -0.2) is 4.79 Å². The van der Waals surface area contributed by atoms with E-state index in [4.69, 9.17) is 4.74 Å². The molecule has 2 unspecified atom stereocenters. The highest BCUT2D eigenvalue weighted by atomic mass is 16.6. The van der Waals surface area contributed by atoms with E-state index in [9.17, 15) is 9.90 Å². The van der Waals surface area contributed by atoms with E-state index in [-0.39, 0.29) is 5.54 Å². The highest BCUT2D eigenvalue weighted by molar-refractivity contribution is 5.71. The van der Waals surface area contributed by atoms with E-state index >= 15 is 0 Å². The first-order chi connectivity index (χ1) is 10.0. The maximum absolute atomic E-state index is 12.2. The first-order valence-corrected chi connectivity index (χ1v) is 7.82. The summed E-state index contributed by atoms with van der Waals surface area (Å²) in [5.74, 6) is 1.65. The predicted octanol–water partition coefficient (Wildman–Crippen LogP) is 2.86. The molecule has 4 nitrogen and oxygen atoms in total. The molecule has 4 aliphatic rings. The molecule has 0 saturated heterocycles. The van der Waals surface area contributed by atoms with Crippen LogP contribution in [0.1, 0.15) is 38.5 Å². The second-order valence-corrected chi connectivity index (χ2v) is 7.29. The van der Waals surface area contributed by atoms with Crippen molar-refractivity contribution < 1.29 is 14.6 Å². The molecule has 4 aliphatic carbocycles. The summed E-state index contributed by atoms with van der Waals surface area (Å²) in [6.45, 7) is 0. The van der Waals surface area contributed by atoms with Crippen LogP contribution in [0.5, 0.6) is 5.75 Å². The van der Waals surface area contributed by atoms with E-state index in [0.29, 0.717) is 24.0 Å². The zero-order chi connectivity index (χ0) is 14.5. The van der Waals surface area contributed by atoms with Crippen LogP contribution in [0.2, 0.25) is 0 Å². The summed E-state index contributed by atoms with van der Waals surface area (Å²) in [4.78, 5) is 12.2. The molecule has 0 heterocycles. The van der Waals surface area contributed by atoms with Crippen molar-refractivity contribution in [2.24, 2.45) is 11.8 Å². The Bertz CT molecular complexity index is 542. The zero-order valence-electron chi connectivity index (χ0n) is 12.0. The topological polar surface area (TPSA) is 58.6 Å². The molecular weight excluding hydrogens is 266 g/mol. The normalized spacial score (nSPS) is 40.0. The van der Waals surface area contributed by atoms with Crippen LogP contribution in [0.15, 0.2) is 30.3 Å². The molecule has 0 radical (unpaired) electrons. The second kappa shape index (κ2) is 4.47. The number of amides is 1. The molecule has 4 heteroatoms. The standard InChI is InChI=1S/C17H21NO3/c19-15(21-14-4-2-1-3-5-14)18-16-7-12-6-13(8-16)10-17(20,9-12)11-16/h1-5,12-13,20H,6-11H2,(H,18,19)/t12-,13+,16?,17?. The number of hydrogen-bond donors (Lipinski definition) is 2. The van der Waals surface area contributed by atoms with Gasteiger partial charge in [0, 0.05) is 5.54 Å². The van der Waals surface area contributed by atoms with Gasteiger partial charge in [-0.15, -0.1) is 0 Å². The minimum absolute atomic E-state index is 0.259. The largest absolute Gasteiger partial charge is 0.413 e. The van der Waals surface area contributed by atoms with Crippen LogP contribution in [0.25, 0.3) is 0 Å². The second-order valence-electron chi connectivity index (χ2n) is 7.29. The van der Waals surface area contributed by atoms with Gasteiger partial charge in [-0.05, 0) is 62.5 Å². The summed E-state index contributed by atoms with van der Waals surface area (Å²) in [7, 11) is 0. The number of rotatable bonds is 2. The number of ether oxygens (including phenoxy) is 1. The van der Waals surface area contributed by atoms with E-state index in [1.165, 1.54) is 6.42 Å². The Morgan fingerprint density at radius 3 is 2.43 bits per heavy atom. The highest BCUT2D eigenvalue weighted by Gasteiger charge is 2.57. The van der Waals surface area contributed by atoms with Crippen molar-refractivity contribution in [2.75, 3.05) is 0 Å². The monoisotopic (exact) mass is 287 g/mol. The van der Waals surface area contributed by atoms with Crippen molar-refractivity contribution >= 4 is 6.09 Å². The Kier molecular flexibility index (Phi) is 2.80. The van der Waals surface area contributed by atoms with Crippen molar-refractivity contribution in [3.63, 3.8) is 0 Å². The molecule has 5 rings (SSSR count). The molecular formula is C17H21NO3. The summed E-state index contributed by atoms with van der Waals surface area (Å²) in [6.07, 6.45) is 5.26. The molecule has 0 aliphatic heterocycles. The lowest BCUT2D eigenvalue weighted by Crippen LogP contribution is -2.65. The van der Waals surface area contributed by atoms with Gasteiger partial charge in [0.05, 0.1) is 5.60 Å². The highest BCUT2D eigenvalue weighted by Crippen LogP contribution is 2.57. The van der Waals surface area contributed by atoms with Gasteiger partial charge in [-0.2, -0.15) is 0 Å². The third kappa shape index (κ3) is 2.42. The maximum atomic E-state index is 12.2. The zero-order valence-corrected chi connectivity index (χ0v) is 12.0. The molecule has 1 aromatic rings. The summed E-state index contributed by atoms with van der Waals surface area (Å²) < 4.78 is 5.35. The third-order valence-electron chi connectivity index (χ3n) is 5.35. The SMILES string of the molecule is O=C(NC12C[C@@H]3C[C@@H](CC(O)(C3)C1)C2)Oc1ccccc1. The molecule has 21 heavy (non-hydrogen) atoms. The van der Waals surface area contributed by atoms with Gasteiger partial charge in [0.2, 0.25) is 0 Å². The summed E-state index contributed by atoms with van der Waals surface area (Å²) in [6, 6.07) is 9.12. The number of nitrogens with one attached hydrogen (secondary N) is 1. The van der Waals surface area contributed by atoms with Gasteiger partial charge in [0.15, 0.2) is 0 Å². The number of carbonyl (C=O) groups excluding carboxylic acids is 1. The molecule has 0 aromatic heterocycles. The fraction of sp³-hybridized carbons (Fsp3) is 0.588. The molecule has 4 saturated carbocycles. The first kappa shape index (κ1) is 13.1. The molecule has 0 spiro atoms. The summed E-state index contributed by atoms with van der Waals surface area (Å²) in [5.41, 5.74) is -0.825. The Morgan fingerprint density at radius 2 is 1.81 bits per heavy atom. The van der Waals surface area contributed by atoms with Crippen LogP contribution in [-0.2, 0) is 0 Å². The van der Waals surface area contributed by atoms with Crippen LogP contribution in [0, 0.1) is 11.8 Å². The molecule has 112 valence electrons. The number of para-hydroxylation sites is 1. The minimum atomic E-state index is -0.565. The van der Waals surface area contributed by atoms with Gasteiger partial charge in [-0.3, -0.25) is 0 Å². The Hall–Kier alpha value is -1.55. The summed E-state index contributed by atoms with van der Waals surface area (Å²) >= 11 is 0. The van der Waals surface area contributed by atoms with E-state index in [1.54, 1.807) is 12.1 Å². The lowest BCUT2D eigenvalue weighted by molar-refractivity contribution is -0.139. The van der Waals surface area contributed by atoms with E-state index in [0.717, 1.165) is 25.7 Å². The lowest BCUT2D eigenvalue weighted by atomic mass is 9.51. The van der Waals surface area contributed by atoms with E-state index < -0.39 is 11.7 Å². The fourth-order valence-corrected chi connectivity index (χ4v) is 5.20. The van der Waals surface area contributed by atoms with E-state index in [2.05, 4.69) is 5.32 Å². The molecule has 4 bridgehead atoms. The van der Waals surface area contributed by atoms with Gasteiger partial charge in [0.1, 0.15) is 5.75 Å². The van der Waals surface area contributed by atoms with Crippen LogP contribution in [-0.4, -0.2) is 22.3 Å². The first-order valence-electron chi connectivity index (χ1n) is 7.82. The smallest absolute Gasteiger partial charge is 0.410 e. The number of benzene rings is 1. The van der Waals surface area contributed by atoms with Gasteiger partial charge in [-0.1, -0.05) is 18.2 Å². The number of hydrogen-bond acceptors (Lipinski definition) is 3. The van der Waals surface area contributed by atoms with E-state index in [1.807, 2.05) is 18.2 Å². The average molecular weight is 287 g/mol. The van der Waals surface area contributed by atoms with Crippen LogP contribution < -0.4 is 10.1 Å². The molecule has 4 fully saturated rings. The molecule has 1 aromatic carbocycles.